The second-order valence-corrected chi connectivity index (χ2v) is 22.8. The smallest absolute Gasteiger partial charge is 0.305 e. The van der Waals surface area contributed by atoms with Crippen molar-refractivity contribution < 1.29 is 24.5 Å². The molecule has 6 heteroatoms. The highest BCUT2D eigenvalue weighted by Crippen LogP contribution is 2.18. The standard InChI is InChI=1S/C69H129NO5/c1-3-5-7-9-11-13-15-17-19-21-22-26-30-33-37-41-45-49-53-57-61-67(72)66(65-71)70-68(73)62-58-54-50-46-42-38-34-31-27-24-23-25-28-32-36-40-44-48-52-56-60-64-75-69(74)63-59-55-51-47-43-39-35-29-20-18-16-14-12-10-8-6-4-2/h18,20,40,44,52,56-57,61,66-67,71-72H,3-17,19,21-39,41-43,45-51,53-55,58-60,62-65H2,1-2H3,(H,70,73)/b20-18-,44-40-,56-52-,61-57+. The van der Waals surface area contributed by atoms with Crippen LogP contribution in [0.2, 0.25) is 0 Å². The fraction of sp³-hybridized carbons (Fsp3) is 0.855. The number of carbonyl (C=O) groups excluding carboxylic acids is 2. The minimum absolute atomic E-state index is 0.0390. The molecule has 3 N–H and O–H groups in total. The molecule has 0 bridgehead atoms. The van der Waals surface area contributed by atoms with E-state index >= 15 is 0 Å². The zero-order valence-corrected chi connectivity index (χ0v) is 50.3. The van der Waals surface area contributed by atoms with Crippen LogP contribution < -0.4 is 5.32 Å². The van der Waals surface area contributed by atoms with E-state index < -0.39 is 12.1 Å². The first-order valence-corrected chi connectivity index (χ1v) is 33.4. The van der Waals surface area contributed by atoms with Crippen LogP contribution in [0.4, 0.5) is 0 Å². The minimum atomic E-state index is -0.850. The van der Waals surface area contributed by atoms with Crippen LogP contribution in [0.3, 0.4) is 0 Å². The van der Waals surface area contributed by atoms with E-state index in [1.54, 1.807) is 6.08 Å². The van der Waals surface area contributed by atoms with Crippen molar-refractivity contribution in [3.05, 3.63) is 48.6 Å². The van der Waals surface area contributed by atoms with E-state index in [1.807, 2.05) is 6.08 Å². The van der Waals surface area contributed by atoms with Gasteiger partial charge in [-0.25, -0.2) is 0 Å². The normalized spacial score (nSPS) is 12.9. The fourth-order valence-corrected chi connectivity index (χ4v) is 10.2. The van der Waals surface area contributed by atoms with Gasteiger partial charge in [0.05, 0.1) is 25.4 Å². The van der Waals surface area contributed by atoms with E-state index in [0.717, 1.165) is 51.4 Å². The van der Waals surface area contributed by atoms with Crippen molar-refractivity contribution in [1.82, 2.24) is 5.32 Å². The second kappa shape index (κ2) is 64.3. The lowest BCUT2D eigenvalue weighted by Gasteiger charge is -2.20. The molecule has 0 aliphatic heterocycles. The Morgan fingerprint density at radius 3 is 1.03 bits per heavy atom. The topological polar surface area (TPSA) is 95.9 Å². The number of hydrogen-bond acceptors (Lipinski definition) is 5. The van der Waals surface area contributed by atoms with Crippen molar-refractivity contribution in [3.8, 4) is 0 Å². The molecule has 0 fully saturated rings. The predicted octanol–water partition coefficient (Wildman–Crippen LogP) is 21.3. The third-order valence-electron chi connectivity index (χ3n) is 15.3. The molecule has 440 valence electrons. The van der Waals surface area contributed by atoms with Gasteiger partial charge in [-0.15, -0.1) is 0 Å². The van der Waals surface area contributed by atoms with Crippen molar-refractivity contribution in [2.75, 3.05) is 13.2 Å². The number of amides is 1. The quantitative estimate of drug-likeness (QED) is 0.0320. The Balaban J connectivity index is 3.48. The van der Waals surface area contributed by atoms with Gasteiger partial charge in [-0.1, -0.05) is 313 Å². The fourth-order valence-electron chi connectivity index (χ4n) is 10.2. The molecule has 0 aromatic carbocycles. The summed E-state index contributed by atoms with van der Waals surface area (Å²) in [5, 5.41) is 23.2. The Hall–Kier alpha value is -2.18. The van der Waals surface area contributed by atoms with Gasteiger partial charge >= 0.3 is 5.97 Å². The summed E-state index contributed by atoms with van der Waals surface area (Å²) in [6.07, 6.45) is 83.2. The van der Waals surface area contributed by atoms with Gasteiger partial charge in [0.25, 0.3) is 0 Å². The third-order valence-corrected chi connectivity index (χ3v) is 15.3. The molecule has 0 radical (unpaired) electrons. The second-order valence-electron chi connectivity index (χ2n) is 22.8. The van der Waals surface area contributed by atoms with Gasteiger partial charge in [-0.05, 0) is 77.0 Å². The highest BCUT2D eigenvalue weighted by atomic mass is 16.5. The predicted molar refractivity (Wildman–Crippen MR) is 329 cm³/mol. The largest absolute Gasteiger partial charge is 0.465 e. The average molecular weight is 1050 g/mol. The summed E-state index contributed by atoms with van der Waals surface area (Å²) in [6.45, 7) is 4.81. The number of aliphatic hydroxyl groups excluding tert-OH is 2. The summed E-state index contributed by atoms with van der Waals surface area (Å²) in [5.74, 6) is -0.109. The lowest BCUT2D eigenvalue weighted by atomic mass is 10.0. The first-order valence-electron chi connectivity index (χ1n) is 33.4. The number of aliphatic hydroxyl groups is 2. The number of nitrogens with one attached hydrogen (secondary N) is 1. The Labute approximate surface area is 467 Å². The van der Waals surface area contributed by atoms with Crippen molar-refractivity contribution in [3.63, 3.8) is 0 Å². The molecule has 75 heavy (non-hydrogen) atoms. The molecular weight excluding hydrogens is 923 g/mol. The van der Waals surface area contributed by atoms with Crippen molar-refractivity contribution >= 4 is 11.9 Å². The Kier molecular flexibility index (Phi) is 62.5. The molecule has 0 aromatic heterocycles. The van der Waals surface area contributed by atoms with Gasteiger partial charge in [0, 0.05) is 12.8 Å². The molecule has 0 aromatic rings. The van der Waals surface area contributed by atoms with E-state index in [2.05, 4.69) is 55.6 Å². The summed E-state index contributed by atoms with van der Waals surface area (Å²) in [4.78, 5) is 24.6. The van der Waals surface area contributed by atoms with Gasteiger partial charge in [-0.3, -0.25) is 9.59 Å². The molecule has 0 aliphatic carbocycles. The molecule has 2 unspecified atom stereocenters. The summed E-state index contributed by atoms with van der Waals surface area (Å²) in [7, 11) is 0. The minimum Gasteiger partial charge on any atom is -0.465 e. The Morgan fingerprint density at radius 2 is 0.667 bits per heavy atom. The van der Waals surface area contributed by atoms with Crippen molar-refractivity contribution in [2.24, 2.45) is 0 Å². The number of ether oxygens (including phenoxy) is 1. The van der Waals surface area contributed by atoms with E-state index in [1.165, 1.54) is 276 Å². The number of esters is 1. The summed E-state index contributed by atoms with van der Waals surface area (Å²) in [6, 6.07) is -0.634. The van der Waals surface area contributed by atoms with Crippen LogP contribution in [-0.2, 0) is 14.3 Å². The maximum absolute atomic E-state index is 12.5. The molecule has 2 atom stereocenters. The molecule has 0 saturated heterocycles. The van der Waals surface area contributed by atoms with Crippen LogP contribution in [0.15, 0.2) is 48.6 Å². The summed E-state index contributed by atoms with van der Waals surface area (Å²) in [5.41, 5.74) is 0. The van der Waals surface area contributed by atoms with Crippen molar-refractivity contribution in [1.29, 1.82) is 0 Å². The molecule has 0 aliphatic rings. The zero-order chi connectivity index (χ0) is 54.3. The Bertz CT molecular complexity index is 1260. The molecular formula is C69H129NO5. The van der Waals surface area contributed by atoms with E-state index in [4.69, 9.17) is 4.74 Å². The molecule has 1 amide bonds. The van der Waals surface area contributed by atoms with E-state index in [0.29, 0.717) is 19.4 Å². The Morgan fingerprint density at radius 1 is 0.373 bits per heavy atom. The molecule has 0 spiro atoms. The summed E-state index contributed by atoms with van der Waals surface area (Å²) < 4.78 is 5.43. The molecule has 0 heterocycles. The molecule has 6 nitrogen and oxygen atoms in total. The van der Waals surface area contributed by atoms with Crippen LogP contribution in [-0.4, -0.2) is 47.4 Å². The maximum atomic E-state index is 12.5. The first kappa shape index (κ1) is 72.8. The lowest BCUT2D eigenvalue weighted by Crippen LogP contribution is -2.45. The van der Waals surface area contributed by atoms with Crippen LogP contribution in [0.1, 0.15) is 354 Å². The van der Waals surface area contributed by atoms with E-state index in [9.17, 15) is 19.8 Å². The van der Waals surface area contributed by atoms with E-state index in [-0.39, 0.29) is 18.5 Å². The highest BCUT2D eigenvalue weighted by molar-refractivity contribution is 5.76. The number of rotatable bonds is 62. The number of carbonyl (C=O) groups is 2. The van der Waals surface area contributed by atoms with Crippen LogP contribution in [0.5, 0.6) is 0 Å². The first-order chi connectivity index (χ1) is 37.0. The number of allylic oxidation sites excluding steroid dienone is 6. The lowest BCUT2D eigenvalue weighted by molar-refractivity contribution is -0.143. The number of unbranched alkanes of at least 4 members (excludes halogenated alkanes) is 45. The third kappa shape index (κ3) is 60.9. The SMILES string of the molecule is CCCCCCCC/C=C\CCCCCCCCCC(=O)OCC/C=C\C/C=C\CCCCCCCCCCCCCCCCC(=O)NC(CO)C(O)/C=C/CCCCCCCCCCCCCCCCCCCC. The highest BCUT2D eigenvalue weighted by Gasteiger charge is 2.18. The van der Waals surface area contributed by atoms with Crippen LogP contribution >= 0.6 is 0 Å². The number of hydrogen-bond donors (Lipinski definition) is 3. The van der Waals surface area contributed by atoms with Gasteiger partial charge in [-0.2, -0.15) is 0 Å². The summed E-state index contributed by atoms with van der Waals surface area (Å²) >= 11 is 0. The van der Waals surface area contributed by atoms with Crippen LogP contribution in [0, 0.1) is 0 Å². The van der Waals surface area contributed by atoms with Gasteiger partial charge in [0.1, 0.15) is 0 Å². The van der Waals surface area contributed by atoms with Gasteiger partial charge in [0.2, 0.25) is 5.91 Å². The average Bonchev–Trinajstić information content (AvgIpc) is 3.41. The maximum Gasteiger partial charge on any atom is 0.305 e. The van der Waals surface area contributed by atoms with Crippen LogP contribution in [0.25, 0.3) is 0 Å². The zero-order valence-electron chi connectivity index (χ0n) is 50.3. The molecule has 0 saturated carbocycles. The monoisotopic (exact) mass is 1050 g/mol. The van der Waals surface area contributed by atoms with Gasteiger partial charge < -0.3 is 20.3 Å². The van der Waals surface area contributed by atoms with Crippen molar-refractivity contribution in [2.45, 2.75) is 366 Å². The van der Waals surface area contributed by atoms with Gasteiger partial charge in [0.15, 0.2) is 0 Å². The molecule has 0 rings (SSSR count).